The van der Waals surface area contributed by atoms with Crippen molar-refractivity contribution in [1.82, 2.24) is 15.2 Å². The summed E-state index contributed by atoms with van der Waals surface area (Å²) in [5.41, 5.74) is -0.213. The molecule has 0 bridgehead atoms. The summed E-state index contributed by atoms with van der Waals surface area (Å²) in [6.07, 6.45) is -1.97. The first-order valence-electron chi connectivity index (χ1n) is 7.11. The Morgan fingerprint density at radius 1 is 1.50 bits per heavy atom. The second-order valence-corrected chi connectivity index (χ2v) is 6.74. The van der Waals surface area contributed by atoms with Crippen LogP contribution in [0.15, 0.2) is 15.3 Å². The van der Waals surface area contributed by atoms with Crippen LogP contribution in [0.25, 0.3) is 0 Å². The maximum Gasteiger partial charge on any atom is 0.270 e. The molecule has 2 aliphatic rings. The van der Waals surface area contributed by atoms with E-state index in [1.807, 2.05) is 0 Å². The molecule has 1 amide bonds. The van der Waals surface area contributed by atoms with Crippen LogP contribution in [0.1, 0.15) is 35.3 Å². The zero-order valence-electron chi connectivity index (χ0n) is 12.0. The van der Waals surface area contributed by atoms with Gasteiger partial charge in [0.1, 0.15) is 11.4 Å². The molecule has 2 aliphatic heterocycles. The molecule has 1 spiro atoms. The molecule has 1 saturated heterocycles. The quantitative estimate of drug-likeness (QED) is 0.827. The summed E-state index contributed by atoms with van der Waals surface area (Å²) in [4.78, 5) is 24.8. The zero-order chi connectivity index (χ0) is 16.1. The third-order valence-corrected chi connectivity index (χ3v) is 4.92. The molecular weight excluding hydrogens is 360 g/mol. The van der Waals surface area contributed by atoms with Gasteiger partial charge in [0.25, 0.3) is 11.5 Å². The van der Waals surface area contributed by atoms with Gasteiger partial charge >= 0.3 is 0 Å². The monoisotopic (exact) mass is 375 g/mol. The highest BCUT2D eigenvalue weighted by Gasteiger charge is 2.47. The maximum absolute atomic E-state index is 12.7. The lowest BCUT2D eigenvalue weighted by atomic mass is 9.90. The van der Waals surface area contributed by atoms with Gasteiger partial charge in [-0.3, -0.25) is 14.2 Å². The van der Waals surface area contributed by atoms with Crippen molar-refractivity contribution in [3.8, 4) is 0 Å². The Morgan fingerprint density at radius 3 is 2.91 bits per heavy atom. The van der Waals surface area contributed by atoms with Gasteiger partial charge in [0.15, 0.2) is 0 Å². The number of fused-ring (bicyclic) bond motifs is 2. The van der Waals surface area contributed by atoms with Crippen LogP contribution >= 0.6 is 15.9 Å². The van der Waals surface area contributed by atoms with E-state index in [0.29, 0.717) is 28.7 Å². The van der Waals surface area contributed by atoms with Crippen molar-refractivity contribution >= 4 is 21.8 Å². The van der Waals surface area contributed by atoms with Crippen molar-refractivity contribution in [3.63, 3.8) is 0 Å². The van der Waals surface area contributed by atoms with E-state index in [4.69, 9.17) is 0 Å². The minimum atomic E-state index is -2.43. The number of carbonyl (C=O) groups excluding carboxylic acids is 1. The number of nitrogens with one attached hydrogen (secondary N) is 2. The first-order chi connectivity index (χ1) is 10.3. The molecule has 3 rings (SSSR count). The van der Waals surface area contributed by atoms with Crippen LogP contribution in [-0.4, -0.2) is 29.5 Å². The van der Waals surface area contributed by atoms with Crippen LogP contribution in [0.3, 0.4) is 0 Å². The van der Waals surface area contributed by atoms with Gasteiger partial charge in [0.05, 0.1) is 4.47 Å². The lowest BCUT2D eigenvalue weighted by Gasteiger charge is -2.40. The number of alkyl halides is 2. The molecule has 0 aromatic carbocycles. The molecular formula is C14H16BrF2N3O2. The van der Waals surface area contributed by atoms with Crippen molar-refractivity contribution in [2.45, 2.75) is 44.3 Å². The number of nitrogens with zero attached hydrogens (tertiary/aromatic N) is 1. The Hall–Kier alpha value is -1.28. The number of hydrogen-bond donors (Lipinski definition) is 2. The summed E-state index contributed by atoms with van der Waals surface area (Å²) in [5, 5.41) is 5.90. The van der Waals surface area contributed by atoms with Gasteiger partial charge in [0.2, 0.25) is 6.43 Å². The second kappa shape index (κ2) is 5.42. The topological polar surface area (TPSA) is 63.1 Å². The lowest BCUT2D eigenvalue weighted by molar-refractivity contribution is 0.0729. The average Bonchev–Trinajstić information content (AvgIpc) is 2.68. The standard InChI is InChI=1S/C14H16BrF2N3O2/c1-7-4-9(15)13(22)20-11(7)12(21)19-14(20)2-3-18-8(6-14)5-10(16)17/h4,8,10,18H,2-3,5-6H2,1H3,(H,19,21). The third-order valence-electron chi connectivity index (χ3n) is 4.36. The Balaban J connectivity index is 2.08. The van der Waals surface area contributed by atoms with Gasteiger partial charge in [-0.15, -0.1) is 0 Å². The molecule has 2 N–H and O–H groups in total. The predicted octanol–water partition coefficient (Wildman–Crippen LogP) is 1.72. The number of halogens is 3. The van der Waals surface area contributed by atoms with Crippen molar-refractivity contribution in [1.29, 1.82) is 0 Å². The molecule has 0 aliphatic carbocycles. The molecule has 1 aromatic rings. The van der Waals surface area contributed by atoms with Crippen LogP contribution in [0, 0.1) is 6.92 Å². The molecule has 1 aromatic heterocycles. The molecule has 5 nitrogen and oxygen atoms in total. The van der Waals surface area contributed by atoms with Crippen molar-refractivity contribution in [2.75, 3.05) is 6.54 Å². The van der Waals surface area contributed by atoms with E-state index in [1.54, 1.807) is 13.0 Å². The molecule has 22 heavy (non-hydrogen) atoms. The van der Waals surface area contributed by atoms with Gasteiger partial charge in [0, 0.05) is 25.3 Å². The van der Waals surface area contributed by atoms with Crippen LogP contribution in [0.4, 0.5) is 8.78 Å². The maximum atomic E-state index is 12.7. The minimum Gasteiger partial charge on any atom is -0.327 e. The fraction of sp³-hybridized carbons (Fsp3) is 0.571. The highest BCUT2D eigenvalue weighted by molar-refractivity contribution is 9.10. The van der Waals surface area contributed by atoms with Gasteiger partial charge in [-0.1, -0.05) is 0 Å². The molecule has 120 valence electrons. The van der Waals surface area contributed by atoms with E-state index >= 15 is 0 Å². The Bertz CT molecular complexity index is 691. The van der Waals surface area contributed by atoms with Crippen LogP contribution in [0.5, 0.6) is 0 Å². The summed E-state index contributed by atoms with van der Waals surface area (Å²) < 4.78 is 27.2. The van der Waals surface area contributed by atoms with E-state index in [9.17, 15) is 18.4 Å². The smallest absolute Gasteiger partial charge is 0.270 e. The molecule has 1 fully saturated rings. The number of piperidine rings is 1. The number of hydrogen-bond acceptors (Lipinski definition) is 3. The van der Waals surface area contributed by atoms with Crippen LogP contribution < -0.4 is 16.2 Å². The van der Waals surface area contributed by atoms with E-state index in [2.05, 4.69) is 26.6 Å². The molecule has 3 heterocycles. The van der Waals surface area contributed by atoms with E-state index in [0.717, 1.165) is 0 Å². The van der Waals surface area contributed by atoms with Gasteiger partial charge in [-0.05, 0) is 41.0 Å². The number of amides is 1. The number of aromatic nitrogens is 1. The van der Waals surface area contributed by atoms with Crippen molar-refractivity contribution < 1.29 is 13.6 Å². The van der Waals surface area contributed by atoms with Crippen LogP contribution in [-0.2, 0) is 5.66 Å². The van der Waals surface area contributed by atoms with Crippen LogP contribution in [0.2, 0.25) is 0 Å². The lowest BCUT2D eigenvalue weighted by Crippen LogP contribution is -2.57. The second-order valence-electron chi connectivity index (χ2n) is 5.88. The van der Waals surface area contributed by atoms with E-state index < -0.39 is 18.1 Å². The average molecular weight is 376 g/mol. The number of rotatable bonds is 2. The fourth-order valence-electron chi connectivity index (χ4n) is 3.48. The summed E-state index contributed by atoms with van der Waals surface area (Å²) in [5.74, 6) is -0.320. The number of pyridine rings is 1. The Labute approximate surface area is 134 Å². The Kier molecular flexibility index (Phi) is 3.84. The predicted molar refractivity (Wildman–Crippen MR) is 80.2 cm³/mol. The number of aryl methyl sites for hydroxylation is 1. The SMILES string of the molecule is Cc1cc(Br)c(=O)n2c1C(=O)NC21CCNC(CC(F)F)C1. The highest BCUT2D eigenvalue weighted by atomic mass is 79.9. The molecule has 0 radical (unpaired) electrons. The summed E-state index contributed by atoms with van der Waals surface area (Å²) in [6.45, 7) is 2.22. The summed E-state index contributed by atoms with van der Waals surface area (Å²) in [7, 11) is 0. The number of carbonyl (C=O) groups is 1. The largest absolute Gasteiger partial charge is 0.327 e. The Morgan fingerprint density at radius 2 is 2.23 bits per heavy atom. The minimum absolute atomic E-state index is 0.270. The van der Waals surface area contributed by atoms with Gasteiger partial charge < -0.3 is 10.6 Å². The van der Waals surface area contributed by atoms with Gasteiger partial charge in [-0.2, -0.15) is 0 Å². The molecule has 2 atom stereocenters. The summed E-state index contributed by atoms with van der Waals surface area (Å²) >= 11 is 3.22. The molecule has 2 unspecified atom stereocenters. The fourth-order valence-corrected chi connectivity index (χ4v) is 4.00. The van der Waals surface area contributed by atoms with E-state index in [1.165, 1.54) is 4.57 Å². The first-order valence-corrected chi connectivity index (χ1v) is 7.90. The summed E-state index contributed by atoms with van der Waals surface area (Å²) in [6, 6.07) is 1.18. The highest BCUT2D eigenvalue weighted by Crippen LogP contribution is 2.34. The third kappa shape index (κ3) is 2.38. The molecule has 0 saturated carbocycles. The van der Waals surface area contributed by atoms with E-state index in [-0.39, 0.29) is 24.3 Å². The van der Waals surface area contributed by atoms with Crippen molar-refractivity contribution in [3.05, 3.63) is 32.2 Å². The normalized spacial score (nSPS) is 27.3. The van der Waals surface area contributed by atoms with Crippen molar-refractivity contribution in [2.24, 2.45) is 0 Å². The van der Waals surface area contributed by atoms with Gasteiger partial charge in [-0.25, -0.2) is 8.78 Å². The zero-order valence-corrected chi connectivity index (χ0v) is 13.5. The molecule has 8 heteroatoms. The first kappa shape index (κ1) is 15.6.